The Morgan fingerprint density at radius 1 is 0.386 bits per heavy atom. The van der Waals surface area contributed by atoms with Crippen LogP contribution >= 0.6 is 0 Å². The molecule has 18 nitrogen and oxygen atoms in total. The Bertz CT molecular complexity index is 2060. The molecular weight excluding hydrogens is 897 g/mol. The second kappa shape index (κ2) is 23.4. The predicted molar refractivity (Wildman–Crippen MR) is 258 cm³/mol. The molecule has 5 aliphatic rings. The number of benzene rings is 2. The zero-order chi connectivity index (χ0) is 50.2. The summed E-state index contributed by atoms with van der Waals surface area (Å²) in [7, 11) is 6.53. The summed E-state index contributed by atoms with van der Waals surface area (Å²) in [6, 6.07) is 13.0. The van der Waals surface area contributed by atoms with Gasteiger partial charge in [0, 0.05) is 88.9 Å². The summed E-state index contributed by atoms with van der Waals surface area (Å²) in [6.07, 6.45) is 5.46. The van der Waals surface area contributed by atoms with E-state index in [0.717, 1.165) is 11.1 Å². The summed E-state index contributed by atoms with van der Waals surface area (Å²) >= 11 is 0. The van der Waals surface area contributed by atoms with Gasteiger partial charge in [-0.3, -0.25) is 38.4 Å². The van der Waals surface area contributed by atoms with Crippen molar-refractivity contribution in [2.24, 2.45) is 23.7 Å². The molecule has 380 valence electrons. The SMILES string of the molecule is CN1C(=O)[C@H](CO)NC(=O)[C@@H]2CC[C@@H](C2)N(C)C(=O)[C@@H](Cc2ccccc2)NC(=O)[C@@H]2CC[C@@H](C2)N(C)C(=O)[C@@H](CO)NC(=O)[C@@H]2CC[C@@H](C2)N(C)C(=O)[C@H](Cc2ccccc2)NC(=O)[C@@H]2CC[C@H]1C2. The van der Waals surface area contributed by atoms with Crippen LogP contribution < -0.4 is 21.3 Å². The van der Waals surface area contributed by atoms with Gasteiger partial charge in [-0.15, -0.1) is 0 Å². The van der Waals surface area contributed by atoms with Gasteiger partial charge in [-0.25, -0.2) is 0 Å². The first-order valence-electron chi connectivity index (χ1n) is 25.1. The van der Waals surface area contributed by atoms with Crippen LogP contribution in [0.15, 0.2) is 60.7 Å². The Balaban J connectivity index is 1.11. The van der Waals surface area contributed by atoms with E-state index in [1.807, 2.05) is 60.7 Å². The molecule has 5 fully saturated rings. The molecule has 12 atom stereocenters. The molecule has 8 bridgehead atoms. The van der Waals surface area contributed by atoms with Crippen molar-refractivity contribution in [3.63, 3.8) is 0 Å². The predicted octanol–water partition coefficient (Wildman–Crippen LogP) is 0.918. The molecule has 0 spiro atoms. The largest absolute Gasteiger partial charge is 0.394 e. The quantitative estimate of drug-likeness (QED) is 0.240. The summed E-state index contributed by atoms with van der Waals surface area (Å²) < 4.78 is 0. The summed E-state index contributed by atoms with van der Waals surface area (Å²) in [5, 5.41) is 32.4. The Morgan fingerprint density at radius 3 is 0.886 bits per heavy atom. The maximum Gasteiger partial charge on any atom is 0.247 e. The van der Waals surface area contributed by atoms with E-state index >= 15 is 0 Å². The lowest BCUT2D eigenvalue weighted by atomic mass is 10.0. The van der Waals surface area contributed by atoms with Crippen molar-refractivity contribution < 1.29 is 48.6 Å². The number of nitrogens with zero attached hydrogens (tertiary/aromatic N) is 4. The average Bonchev–Trinajstić information content (AvgIpc) is 4.23. The summed E-state index contributed by atoms with van der Waals surface area (Å²) in [4.78, 5) is 118. The molecular formula is C52H72N8O10. The molecule has 4 saturated carbocycles. The van der Waals surface area contributed by atoms with Gasteiger partial charge in [0.25, 0.3) is 0 Å². The van der Waals surface area contributed by atoms with Crippen LogP contribution in [-0.2, 0) is 51.2 Å². The third-order valence-electron chi connectivity index (χ3n) is 16.1. The lowest BCUT2D eigenvalue weighted by Crippen LogP contribution is -2.54. The fourth-order valence-electron chi connectivity index (χ4n) is 11.5. The van der Waals surface area contributed by atoms with Crippen LogP contribution in [0.5, 0.6) is 0 Å². The molecule has 0 unspecified atom stereocenters. The monoisotopic (exact) mass is 969 g/mol. The number of amides is 8. The number of hydrogen-bond acceptors (Lipinski definition) is 10. The fraction of sp³-hybridized carbons (Fsp3) is 0.615. The van der Waals surface area contributed by atoms with Crippen LogP contribution in [0, 0.1) is 23.7 Å². The first kappa shape index (κ1) is 52.0. The van der Waals surface area contributed by atoms with Crippen molar-refractivity contribution in [1.29, 1.82) is 0 Å². The highest BCUT2D eigenvalue weighted by Gasteiger charge is 2.43. The van der Waals surface area contributed by atoms with Gasteiger partial charge in [-0.1, -0.05) is 60.7 Å². The number of fused-ring (bicyclic) bond motifs is 8. The molecule has 1 saturated heterocycles. The lowest BCUT2D eigenvalue weighted by molar-refractivity contribution is -0.140. The van der Waals surface area contributed by atoms with Gasteiger partial charge >= 0.3 is 0 Å². The number of carbonyl (C=O) groups is 8. The van der Waals surface area contributed by atoms with Gasteiger partial charge in [0.2, 0.25) is 47.3 Å². The number of carbonyl (C=O) groups excluding carboxylic acids is 8. The number of hydrogen-bond donors (Lipinski definition) is 6. The normalized spacial score (nSPS) is 32.5. The Kier molecular flexibility index (Phi) is 17.3. The van der Waals surface area contributed by atoms with E-state index in [0.29, 0.717) is 77.0 Å². The van der Waals surface area contributed by atoms with Crippen LogP contribution in [0.2, 0.25) is 0 Å². The molecule has 18 heteroatoms. The first-order valence-corrected chi connectivity index (χ1v) is 25.1. The van der Waals surface area contributed by atoms with E-state index in [9.17, 15) is 48.6 Å². The lowest BCUT2D eigenvalue weighted by Gasteiger charge is -2.31. The molecule has 0 radical (unpaired) electrons. The minimum Gasteiger partial charge on any atom is -0.394 e. The molecule has 6 N–H and O–H groups in total. The number of aliphatic hydroxyl groups excluding tert-OH is 2. The highest BCUT2D eigenvalue weighted by Crippen LogP contribution is 2.34. The van der Waals surface area contributed by atoms with E-state index in [4.69, 9.17) is 0 Å². The molecule has 1 aliphatic heterocycles. The smallest absolute Gasteiger partial charge is 0.247 e. The molecule has 0 aromatic heterocycles. The summed E-state index contributed by atoms with van der Waals surface area (Å²) in [5.41, 5.74) is 1.69. The molecule has 4 aliphatic carbocycles. The molecule has 1 heterocycles. The van der Waals surface area contributed by atoms with E-state index in [1.54, 1.807) is 38.0 Å². The zero-order valence-corrected chi connectivity index (χ0v) is 41.0. The highest BCUT2D eigenvalue weighted by molar-refractivity contribution is 5.92. The number of nitrogens with one attached hydrogen (secondary N) is 4. The van der Waals surface area contributed by atoms with Crippen molar-refractivity contribution in [2.45, 2.75) is 138 Å². The Labute approximate surface area is 410 Å². The molecule has 2 aromatic rings. The van der Waals surface area contributed by atoms with Gasteiger partial charge in [0.05, 0.1) is 13.2 Å². The molecule has 7 rings (SSSR count). The average molecular weight is 969 g/mol. The van der Waals surface area contributed by atoms with Crippen molar-refractivity contribution >= 4 is 47.3 Å². The molecule has 2 aromatic carbocycles. The minimum absolute atomic E-state index is 0.224. The van der Waals surface area contributed by atoms with Gasteiger partial charge in [0.15, 0.2) is 0 Å². The summed E-state index contributed by atoms with van der Waals surface area (Å²) in [6.45, 7) is -1.27. The highest BCUT2D eigenvalue weighted by atomic mass is 16.3. The zero-order valence-electron chi connectivity index (χ0n) is 41.0. The van der Waals surface area contributed by atoms with E-state index in [-0.39, 0.29) is 60.6 Å². The van der Waals surface area contributed by atoms with Crippen LogP contribution in [-0.4, -0.2) is 167 Å². The van der Waals surface area contributed by atoms with Gasteiger partial charge in [-0.05, 0) is 88.2 Å². The summed E-state index contributed by atoms with van der Waals surface area (Å²) in [5.74, 6) is -5.19. The van der Waals surface area contributed by atoms with E-state index in [2.05, 4.69) is 21.3 Å². The van der Waals surface area contributed by atoms with Crippen molar-refractivity contribution in [3.8, 4) is 0 Å². The first-order chi connectivity index (χ1) is 33.6. The Hall–Kier alpha value is -5.88. The van der Waals surface area contributed by atoms with Crippen LogP contribution in [0.25, 0.3) is 0 Å². The van der Waals surface area contributed by atoms with Gasteiger partial charge < -0.3 is 51.1 Å². The van der Waals surface area contributed by atoms with Crippen molar-refractivity contribution in [2.75, 3.05) is 41.4 Å². The molecule has 70 heavy (non-hydrogen) atoms. The van der Waals surface area contributed by atoms with Crippen LogP contribution in [0.3, 0.4) is 0 Å². The standard InChI is InChI=1S/C52H72N8O10/c1-57-37-19-17-35(27-37)47(65)55-43(29-61)51(69)60(4)40-22-16-34(26-40)46(64)54-42(24-32-13-9-6-10-14-32)50(68)58(2)38-20-18-36(28-38)48(66)56-44(30-62)52(70)59(3)39-21-15-33(25-39)45(63)53-41(49(57)67)23-31-11-7-5-8-12-31/h5-14,33-44,61-62H,15-30H2,1-4H3,(H,53,63)(H,54,64)(H,55,65)(H,56,66)/t33-,34-,35-,36-,37+,38+,39+,40+,41-,42+,43+,44-/m1/s1. The number of rotatable bonds is 6. The van der Waals surface area contributed by atoms with Crippen LogP contribution in [0.4, 0.5) is 0 Å². The van der Waals surface area contributed by atoms with E-state index < -0.39 is 84.7 Å². The van der Waals surface area contributed by atoms with Crippen molar-refractivity contribution in [3.05, 3.63) is 71.8 Å². The van der Waals surface area contributed by atoms with Gasteiger partial charge in [-0.2, -0.15) is 0 Å². The van der Waals surface area contributed by atoms with Crippen LogP contribution in [0.1, 0.15) is 88.2 Å². The molecule has 8 amide bonds. The van der Waals surface area contributed by atoms with Gasteiger partial charge in [0.1, 0.15) is 24.2 Å². The maximum atomic E-state index is 14.3. The fourth-order valence-corrected chi connectivity index (χ4v) is 11.5. The minimum atomic E-state index is -1.22. The van der Waals surface area contributed by atoms with E-state index in [1.165, 1.54) is 9.80 Å². The topological polar surface area (TPSA) is 238 Å². The second-order valence-electron chi connectivity index (χ2n) is 20.4. The maximum absolute atomic E-state index is 14.3. The van der Waals surface area contributed by atoms with Crippen molar-refractivity contribution in [1.82, 2.24) is 40.9 Å². The third kappa shape index (κ3) is 12.2. The second-order valence-corrected chi connectivity index (χ2v) is 20.4. The number of likely N-dealkylation sites (N-methyl/N-ethyl adjacent to an activating group) is 4. The third-order valence-corrected chi connectivity index (χ3v) is 16.1. The number of aliphatic hydroxyl groups is 2. The Morgan fingerprint density at radius 2 is 0.629 bits per heavy atom.